The molecule has 1 atom stereocenters. The minimum Gasteiger partial charge on any atom is -0.393 e. The van der Waals surface area contributed by atoms with Gasteiger partial charge in [-0.05, 0) is 30.9 Å². The Labute approximate surface area is 118 Å². The summed E-state index contributed by atoms with van der Waals surface area (Å²) in [5.74, 6) is 0.536. The maximum absolute atomic E-state index is 10.9. The average Bonchev–Trinajstić information content (AvgIpc) is 2.42. The van der Waals surface area contributed by atoms with Gasteiger partial charge in [-0.25, -0.2) is 0 Å². The number of nitro benzene ring substituents is 1. The van der Waals surface area contributed by atoms with Gasteiger partial charge >= 0.3 is 0 Å². The second-order valence-corrected chi connectivity index (χ2v) is 5.31. The molecule has 0 amide bonds. The smallest absolute Gasteiger partial charge is 0.292 e. The molecule has 2 N–H and O–H groups in total. The van der Waals surface area contributed by atoms with E-state index in [-0.39, 0.29) is 11.4 Å². The molecule has 0 spiro atoms. The van der Waals surface area contributed by atoms with Gasteiger partial charge in [0.1, 0.15) is 5.69 Å². The fraction of sp³-hybridized carbons (Fsp3) is 0.571. The maximum atomic E-state index is 10.9. The van der Waals surface area contributed by atoms with E-state index < -0.39 is 4.92 Å². The van der Waals surface area contributed by atoms with Crippen LogP contribution < -0.4 is 5.73 Å². The van der Waals surface area contributed by atoms with Crippen LogP contribution >= 0.6 is 0 Å². The van der Waals surface area contributed by atoms with E-state index in [9.17, 15) is 10.1 Å². The molecule has 1 aliphatic heterocycles. The Morgan fingerprint density at radius 2 is 2.35 bits per heavy atom. The molecular weight excluding hydrogens is 258 g/mol. The third-order valence-corrected chi connectivity index (χ3v) is 3.77. The molecule has 0 aliphatic carbocycles. The first-order chi connectivity index (χ1) is 9.61. The Hall–Kier alpha value is -1.66. The van der Waals surface area contributed by atoms with Gasteiger partial charge in [-0.3, -0.25) is 15.0 Å². The SMILES string of the molecule is COCC1CCCN(Cc2cccc([N+](=O)[O-])c2N)C1. The summed E-state index contributed by atoms with van der Waals surface area (Å²) in [4.78, 5) is 12.8. The molecule has 1 aromatic carbocycles. The zero-order valence-corrected chi connectivity index (χ0v) is 11.7. The van der Waals surface area contributed by atoms with Crippen LogP contribution in [0.2, 0.25) is 0 Å². The van der Waals surface area contributed by atoms with Gasteiger partial charge in [-0.2, -0.15) is 0 Å². The lowest BCUT2D eigenvalue weighted by molar-refractivity contribution is -0.384. The minimum atomic E-state index is -0.428. The molecule has 1 saturated heterocycles. The van der Waals surface area contributed by atoms with Crippen molar-refractivity contribution in [3.05, 3.63) is 33.9 Å². The topological polar surface area (TPSA) is 81.6 Å². The molecule has 0 radical (unpaired) electrons. The van der Waals surface area contributed by atoms with Crippen LogP contribution in [0.4, 0.5) is 11.4 Å². The van der Waals surface area contributed by atoms with E-state index in [4.69, 9.17) is 10.5 Å². The number of anilines is 1. The van der Waals surface area contributed by atoms with E-state index in [0.717, 1.165) is 31.7 Å². The number of hydrogen-bond acceptors (Lipinski definition) is 5. The Balaban J connectivity index is 2.06. The summed E-state index contributed by atoms with van der Waals surface area (Å²) in [5.41, 5.74) is 7.01. The number of piperidine rings is 1. The molecular formula is C14H21N3O3. The highest BCUT2D eigenvalue weighted by atomic mass is 16.6. The third kappa shape index (κ3) is 3.46. The maximum Gasteiger partial charge on any atom is 0.292 e. The summed E-state index contributed by atoms with van der Waals surface area (Å²) in [6, 6.07) is 5.01. The van der Waals surface area contributed by atoms with Crippen molar-refractivity contribution in [1.29, 1.82) is 0 Å². The predicted molar refractivity (Wildman–Crippen MR) is 77.4 cm³/mol. The molecule has 1 unspecified atom stereocenters. The molecule has 20 heavy (non-hydrogen) atoms. The van der Waals surface area contributed by atoms with E-state index in [1.807, 2.05) is 6.07 Å². The fourth-order valence-electron chi connectivity index (χ4n) is 2.80. The summed E-state index contributed by atoms with van der Waals surface area (Å²) >= 11 is 0. The summed E-state index contributed by atoms with van der Waals surface area (Å²) in [6.07, 6.45) is 2.30. The first kappa shape index (κ1) is 14.7. The quantitative estimate of drug-likeness (QED) is 0.506. The van der Waals surface area contributed by atoms with E-state index >= 15 is 0 Å². The summed E-state index contributed by atoms with van der Waals surface area (Å²) < 4.78 is 5.21. The van der Waals surface area contributed by atoms with Gasteiger partial charge in [0.2, 0.25) is 0 Å². The van der Waals surface area contributed by atoms with Gasteiger partial charge in [-0.1, -0.05) is 12.1 Å². The lowest BCUT2D eigenvalue weighted by atomic mass is 9.98. The number of para-hydroxylation sites is 1. The number of nitrogen functional groups attached to an aromatic ring is 1. The fourth-order valence-corrected chi connectivity index (χ4v) is 2.80. The minimum absolute atomic E-state index is 0.00653. The van der Waals surface area contributed by atoms with Crippen LogP contribution in [0.15, 0.2) is 18.2 Å². The number of nitrogens with zero attached hydrogens (tertiary/aromatic N) is 2. The first-order valence-corrected chi connectivity index (χ1v) is 6.85. The normalized spacial score (nSPS) is 19.9. The van der Waals surface area contributed by atoms with Crippen molar-refractivity contribution < 1.29 is 9.66 Å². The summed E-state index contributed by atoms with van der Waals surface area (Å²) in [5, 5.41) is 10.9. The highest BCUT2D eigenvalue weighted by molar-refractivity contribution is 5.62. The third-order valence-electron chi connectivity index (χ3n) is 3.77. The number of nitro groups is 1. The van der Waals surface area contributed by atoms with Gasteiger partial charge in [-0.15, -0.1) is 0 Å². The Morgan fingerprint density at radius 1 is 1.55 bits per heavy atom. The van der Waals surface area contributed by atoms with Gasteiger partial charge in [0.05, 0.1) is 11.5 Å². The van der Waals surface area contributed by atoms with E-state index in [1.165, 1.54) is 12.5 Å². The second-order valence-electron chi connectivity index (χ2n) is 5.31. The summed E-state index contributed by atoms with van der Waals surface area (Å²) in [6.45, 7) is 3.38. The van der Waals surface area contributed by atoms with Crippen molar-refractivity contribution in [2.24, 2.45) is 5.92 Å². The number of benzene rings is 1. The number of methoxy groups -OCH3 is 1. The number of rotatable bonds is 5. The first-order valence-electron chi connectivity index (χ1n) is 6.85. The highest BCUT2D eigenvalue weighted by Gasteiger charge is 2.22. The Bertz CT molecular complexity index is 477. The van der Waals surface area contributed by atoms with Crippen LogP contribution in [0.5, 0.6) is 0 Å². The van der Waals surface area contributed by atoms with Crippen LogP contribution in [0.25, 0.3) is 0 Å². The number of ether oxygens (including phenoxy) is 1. The standard InChI is InChI=1S/C14H21N3O3/c1-20-10-11-4-3-7-16(8-11)9-12-5-2-6-13(14(12)15)17(18)19/h2,5-6,11H,3-4,7-10,15H2,1H3. The van der Waals surface area contributed by atoms with Crippen molar-refractivity contribution in [1.82, 2.24) is 4.90 Å². The van der Waals surface area contributed by atoms with Crippen LogP contribution in [0.1, 0.15) is 18.4 Å². The predicted octanol–water partition coefficient (Wildman–Crippen LogP) is 2.04. The lowest BCUT2D eigenvalue weighted by Gasteiger charge is -2.32. The number of nitrogens with two attached hydrogens (primary N) is 1. The second kappa shape index (κ2) is 6.67. The van der Waals surface area contributed by atoms with Crippen LogP contribution in [-0.2, 0) is 11.3 Å². The molecule has 6 heteroatoms. The van der Waals surface area contributed by atoms with Crippen molar-refractivity contribution in [2.75, 3.05) is 32.5 Å². The molecule has 1 fully saturated rings. The van der Waals surface area contributed by atoms with Crippen molar-refractivity contribution in [2.45, 2.75) is 19.4 Å². The van der Waals surface area contributed by atoms with E-state index in [2.05, 4.69) is 4.90 Å². The van der Waals surface area contributed by atoms with Crippen molar-refractivity contribution in [3.8, 4) is 0 Å². The van der Waals surface area contributed by atoms with E-state index in [1.54, 1.807) is 13.2 Å². The molecule has 2 rings (SSSR count). The highest BCUT2D eigenvalue weighted by Crippen LogP contribution is 2.27. The summed E-state index contributed by atoms with van der Waals surface area (Å²) in [7, 11) is 1.72. The zero-order chi connectivity index (χ0) is 14.5. The van der Waals surface area contributed by atoms with E-state index in [0.29, 0.717) is 12.5 Å². The molecule has 0 aromatic heterocycles. The lowest BCUT2D eigenvalue weighted by Crippen LogP contribution is -2.36. The van der Waals surface area contributed by atoms with Crippen LogP contribution in [0, 0.1) is 16.0 Å². The molecule has 1 aliphatic rings. The van der Waals surface area contributed by atoms with Crippen LogP contribution in [0.3, 0.4) is 0 Å². The molecule has 0 saturated carbocycles. The molecule has 6 nitrogen and oxygen atoms in total. The van der Waals surface area contributed by atoms with Gasteiger partial charge < -0.3 is 10.5 Å². The zero-order valence-electron chi connectivity index (χ0n) is 11.7. The van der Waals surface area contributed by atoms with Crippen molar-refractivity contribution >= 4 is 11.4 Å². The van der Waals surface area contributed by atoms with Gasteiger partial charge in [0.15, 0.2) is 0 Å². The average molecular weight is 279 g/mol. The van der Waals surface area contributed by atoms with Gasteiger partial charge in [0, 0.05) is 26.3 Å². The van der Waals surface area contributed by atoms with Crippen LogP contribution in [-0.4, -0.2) is 36.6 Å². The van der Waals surface area contributed by atoms with Crippen molar-refractivity contribution in [3.63, 3.8) is 0 Å². The molecule has 1 heterocycles. The molecule has 0 bridgehead atoms. The largest absolute Gasteiger partial charge is 0.393 e. The Kier molecular flexibility index (Phi) is 4.92. The van der Waals surface area contributed by atoms with Gasteiger partial charge in [0.25, 0.3) is 5.69 Å². The Morgan fingerprint density at radius 3 is 3.05 bits per heavy atom. The molecule has 1 aromatic rings. The molecule has 110 valence electrons. The number of likely N-dealkylation sites (tertiary alicyclic amines) is 1. The number of hydrogen-bond donors (Lipinski definition) is 1. The monoisotopic (exact) mass is 279 g/mol.